The number of hydrogen-bond acceptors (Lipinski definition) is 4. The Balaban J connectivity index is 1.57. The highest BCUT2D eigenvalue weighted by Crippen LogP contribution is 2.37. The molecule has 0 radical (unpaired) electrons. The summed E-state index contributed by atoms with van der Waals surface area (Å²) in [5, 5.41) is 6.26. The third-order valence-corrected chi connectivity index (χ3v) is 5.12. The predicted octanol–water partition coefficient (Wildman–Crippen LogP) is 3.33. The lowest BCUT2D eigenvalue weighted by Gasteiger charge is -2.21. The Morgan fingerprint density at radius 2 is 1.96 bits per heavy atom. The van der Waals surface area contributed by atoms with Crippen molar-refractivity contribution in [3.8, 4) is 16.9 Å². The van der Waals surface area contributed by atoms with E-state index in [4.69, 9.17) is 0 Å². The van der Waals surface area contributed by atoms with Crippen molar-refractivity contribution in [3.05, 3.63) is 48.3 Å². The number of halogens is 3. The summed E-state index contributed by atoms with van der Waals surface area (Å²) in [4.78, 5) is 16.5. The Bertz CT molecular complexity index is 871. The summed E-state index contributed by atoms with van der Waals surface area (Å²) in [6.07, 6.45) is -0.834. The van der Waals surface area contributed by atoms with Crippen LogP contribution < -0.4 is 15.4 Å². The lowest BCUT2D eigenvalue weighted by molar-refractivity contribution is -0.274. The molecule has 2 atom stereocenters. The monoisotopic (exact) mass is 377 g/mol. The second kappa shape index (κ2) is 6.53. The summed E-state index contributed by atoms with van der Waals surface area (Å²) >= 11 is 0. The molecule has 0 bridgehead atoms. The quantitative estimate of drug-likeness (QED) is 0.861. The minimum Gasteiger partial charge on any atom is -0.406 e. The molecule has 2 aliphatic heterocycles. The zero-order chi connectivity index (χ0) is 19.1. The molecule has 2 saturated heterocycles. The summed E-state index contributed by atoms with van der Waals surface area (Å²) in [5.74, 6) is -0.239. The van der Waals surface area contributed by atoms with Gasteiger partial charge in [0.05, 0.1) is 11.7 Å². The van der Waals surface area contributed by atoms with Gasteiger partial charge in [-0.25, -0.2) is 0 Å². The molecule has 3 heterocycles. The molecule has 142 valence electrons. The van der Waals surface area contributed by atoms with Crippen molar-refractivity contribution in [3.63, 3.8) is 0 Å². The Hall–Kier alpha value is -2.61. The molecule has 0 saturated carbocycles. The number of benzene rings is 1. The van der Waals surface area contributed by atoms with E-state index in [1.54, 1.807) is 18.3 Å². The first kappa shape index (κ1) is 17.8. The highest BCUT2D eigenvalue weighted by atomic mass is 19.4. The predicted molar refractivity (Wildman–Crippen MR) is 91.8 cm³/mol. The van der Waals surface area contributed by atoms with Gasteiger partial charge in [-0.15, -0.1) is 13.2 Å². The first-order valence-corrected chi connectivity index (χ1v) is 8.73. The summed E-state index contributed by atoms with van der Waals surface area (Å²) in [7, 11) is 0. The fourth-order valence-corrected chi connectivity index (χ4v) is 3.83. The molecule has 2 aliphatic rings. The van der Waals surface area contributed by atoms with Gasteiger partial charge < -0.3 is 10.1 Å². The lowest BCUT2D eigenvalue weighted by Crippen LogP contribution is -2.47. The van der Waals surface area contributed by atoms with E-state index in [1.165, 1.54) is 18.2 Å². The Morgan fingerprint density at radius 3 is 2.70 bits per heavy atom. The van der Waals surface area contributed by atoms with Gasteiger partial charge in [-0.2, -0.15) is 0 Å². The molecule has 4 rings (SSSR count). The van der Waals surface area contributed by atoms with Gasteiger partial charge in [0.2, 0.25) is 5.91 Å². The first-order chi connectivity index (χ1) is 12.8. The smallest absolute Gasteiger partial charge is 0.406 e. The molecule has 8 heteroatoms. The van der Waals surface area contributed by atoms with E-state index in [9.17, 15) is 18.0 Å². The van der Waals surface area contributed by atoms with Crippen molar-refractivity contribution < 1.29 is 22.7 Å². The Morgan fingerprint density at radius 1 is 1.15 bits per heavy atom. The van der Waals surface area contributed by atoms with Crippen molar-refractivity contribution in [1.82, 2.24) is 15.6 Å². The van der Waals surface area contributed by atoms with Crippen LogP contribution in [0.5, 0.6) is 5.75 Å². The van der Waals surface area contributed by atoms with Crippen LogP contribution in [0.1, 0.15) is 31.0 Å². The molecule has 2 N–H and O–H groups in total. The first-order valence-electron chi connectivity index (χ1n) is 8.73. The third kappa shape index (κ3) is 3.62. The molecule has 27 heavy (non-hydrogen) atoms. The van der Waals surface area contributed by atoms with Crippen LogP contribution in [0.25, 0.3) is 11.1 Å². The van der Waals surface area contributed by atoms with E-state index in [1.807, 2.05) is 6.07 Å². The number of ether oxygens (including phenoxy) is 1. The van der Waals surface area contributed by atoms with Gasteiger partial charge in [0.25, 0.3) is 0 Å². The van der Waals surface area contributed by atoms with Crippen molar-refractivity contribution in [2.75, 3.05) is 6.54 Å². The minimum absolute atomic E-state index is 0.0261. The third-order valence-electron chi connectivity index (χ3n) is 5.12. The van der Waals surface area contributed by atoms with Crippen LogP contribution in [-0.4, -0.2) is 29.3 Å². The van der Waals surface area contributed by atoms with Crippen molar-refractivity contribution >= 4 is 5.91 Å². The van der Waals surface area contributed by atoms with Crippen LogP contribution in [0.2, 0.25) is 0 Å². The summed E-state index contributed by atoms with van der Waals surface area (Å²) in [5.41, 5.74) is 1.59. The highest BCUT2D eigenvalue weighted by molar-refractivity contribution is 5.88. The number of pyridine rings is 1. The van der Waals surface area contributed by atoms with Crippen LogP contribution in [0.15, 0.2) is 42.6 Å². The van der Waals surface area contributed by atoms with Crippen LogP contribution >= 0.6 is 0 Å². The number of nitrogens with zero attached hydrogens (tertiary/aromatic N) is 1. The maximum Gasteiger partial charge on any atom is 0.573 e. The van der Waals surface area contributed by atoms with Crippen LogP contribution in [0.3, 0.4) is 0 Å². The minimum atomic E-state index is -4.73. The molecule has 1 spiro atoms. The average molecular weight is 377 g/mol. The molecular weight excluding hydrogens is 359 g/mol. The van der Waals surface area contributed by atoms with Gasteiger partial charge >= 0.3 is 6.36 Å². The Labute approximate surface area is 153 Å². The number of alkyl halides is 3. The van der Waals surface area contributed by atoms with Crippen LogP contribution in [0.4, 0.5) is 13.2 Å². The van der Waals surface area contributed by atoms with Crippen molar-refractivity contribution in [2.24, 2.45) is 0 Å². The molecule has 2 aromatic rings. The molecule has 1 amide bonds. The van der Waals surface area contributed by atoms with Crippen molar-refractivity contribution in [2.45, 2.75) is 37.2 Å². The molecule has 5 nitrogen and oxygen atoms in total. The maximum absolute atomic E-state index is 12.4. The van der Waals surface area contributed by atoms with Gasteiger partial charge in [0, 0.05) is 12.7 Å². The Kier molecular flexibility index (Phi) is 4.30. The van der Waals surface area contributed by atoms with Gasteiger partial charge in [0.15, 0.2) is 0 Å². The normalized spacial score (nSPS) is 25.0. The van der Waals surface area contributed by atoms with E-state index >= 15 is 0 Å². The van der Waals surface area contributed by atoms with Gasteiger partial charge in [-0.05, 0) is 54.7 Å². The molecule has 0 aliphatic carbocycles. The average Bonchev–Trinajstić information content (AvgIpc) is 3.21. The second-order valence-corrected chi connectivity index (χ2v) is 6.87. The zero-order valence-corrected chi connectivity index (χ0v) is 14.3. The largest absolute Gasteiger partial charge is 0.573 e. The molecule has 1 aromatic carbocycles. The van der Waals surface area contributed by atoms with Gasteiger partial charge in [-0.1, -0.05) is 12.1 Å². The number of aromatic nitrogens is 1. The molecular formula is C19H18F3N3O2. The van der Waals surface area contributed by atoms with Crippen LogP contribution in [-0.2, 0) is 4.79 Å². The summed E-state index contributed by atoms with van der Waals surface area (Å²) in [6, 6.07) is 9.36. The number of rotatable bonds is 3. The van der Waals surface area contributed by atoms with Gasteiger partial charge in [0.1, 0.15) is 11.3 Å². The molecule has 0 unspecified atom stereocenters. The standard InChI is InChI=1S/C19H18F3N3O2/c20-19(21,22)27-14-3-1-2-12(10-14)13-5-8-23-16(11-13)15-4-6-18(25-15)7-9-24-17(18)26/h1-3,5,8,10-11,15,25H,4,6-7,9H2,(H,24,26)/t15-,18+/m1/s1. The highest BCUT2D eigenvalue weighted by Gasteiger charge is 2.48. The number of nitrogens with one attached hydrogen (secondary N) is 2. The number of carbonyl (C=O) groups excluding carboxylic acids is 1. The number of amides is 1. The maximum atomic E-state index is 12.4. The van der Waals surface area contributed by atoms with E-state index in [-0.39, 0.29) is 17.7 Å². The zero-order valence-electron chi connectivity index (χ0n) is 14.3. The lowest BCUT2D eigenvalue weighted by atomic mass is 9.96. The van der Waals surface area contributed by atoms with E-state index in [0.29, 0.717) is 12.1 Å². The van der Waals surface area contributed by atoms with Crippen molar-refractivity contribution in [1.29, 1.82) is 0 Å². The SMILES string of the molecule is O=C1NCC[C@@]12CC[C@H](c1cc(-c3cccc(OC(F)(F)F)c3)ccn1)N2. The van der Waals surface area contributed by atoms with E-state index in [0.717, 1.165) is 30.5 Å². The summed E-state index contributed by atoms with van der Waals surface area (Å²) in [6.45, 7) is 0.665. The topological polar surface area (TPSA) is 63.2 Å². The van der Waals surface area contributed by atoms with E-state index < -0.39 is 11.9 Å². The van der Waals surface area contributed by atoms with Gasteiger partial charge in [-0.3, -0.25) is 15.1 Å². The number of carbonyl (C=O) groups is 1. The molecule has 1 aromatic heterocycles. The second-order valence-electron chi connectivity index (χ2n) is 6.87. The summed E-state index contributed by atoms with van der Waals surface area (Å²) < 4.78 is 41.3. The number of hydrogen-bond donors (Lipinski definition) is 2. The molecule has 2 fully saturated rings. The van der Waals surface area contributed by atoms with Crippen LogP contribution in [0, 0.1) is 0 Å². The fraction of sp³-hybridized carbons (Fsp3) is 0.368. The fourth-order valence-electron chi connectivity index (χ4n) is 3.83. The van der Waals surface area contributed by atoms with E-state index in [2.05, 4.69) is 20.4 Å².